The lowest BCUT2D eigenvalue weighted by atomic mass is 10.1. The lowest BCUT2D eigenvalue weighted by Gasteiger charge is -2.13. The molecule has 0 saturated carbocycles. The summed E-state index contributed by atoms with van der Waals surface area (Å²) in [6, 6.07) is 3.57. The molecule has 0 bridgehead atoms. The van der Waals surface area contributed by atoms with Crippen molar-refractivity contribution in [3.05, 3.63) is 12.1 Å². The molecular weight excluding hydrogens is 320 g/mol. The van der Waals surface area contributed by atoms with Gasteiger partial charge in [0.1, 0.15) is 0 Å². The molecule has 1 aromatic heterocycles. The van der Waals surface area contributed by atoms with Crippen molar-refractivity contribution in [2.24, 2.45) is 12.8 Å². The van der Waals surface area contributed by atoms with Crippen LogP contribution in [0.3, 0.4) is 0 Å². The molecule has 2 rings (SSSR count). The van der Waals surface area contributed by atoms with Gasteiger partial charge in [0.2, 0.25) is 11.7 Å². The number of ether oxygens (including phenoxy) is 3. The van der Waals surface area contributed by atoms with Crippen LogP contribution in [0, 0.1) is 0 Å². The van der Waals surface area contributed by atoms with Crippen molar-refractivity contribution in [3.63, 3.8) is 0 Å². The van der Waals surface area contributed by atoms with Gasteiger partial charge in [-0.25, -0.2) is 0 Å². The summed E-state index contributed by atoms with van der Waals surface area (Å²) in [6.45, 7) is 0. The van der Waals surface area contributed by atoms with Gasteiger partial charge in [-0.2, -0.15) is 0 Å². The molecule has 9 heteroatoms. The Morgan fingerprint density at radius 2 is 1.78 bits per heavy atom. The SMILES string of the molecule is COc1cc(-c2nnc(SCC(N)=O)n2C)cc(OC)c1OC. The van der Waals surface area contributed by atoms with E-state index in [0.717, 1.165) is 5.56 Å². The molecule has 0 saturated heterocycles. The predicted molar refractivity (Wildman–Crippen MR) is 86.0 cm³/mol. The topological polar surface area (TPSA) is 101 Å². The van der Waals surface area contributed by atoms with E-state index >= 15 is 0 Å². The number of aromatic nitrogens is 3. The third-order valence-electron chi connectivity index (χ3n) is 3.10. The number of carbonyl (C=O) groups is 1. The van der Waals surface area contributed by atoms with Crippen LogP contribution in [0.4, 0.5) is 0 Å². The van der Waals surface area contributed by atoms with Crippen LogP contribution in [0.5, 0.6) is 17.2 Å². The monoisotopic (exact) mass is 338 g/mol. The number of rotatable bonds is 7. The maximum absolute atomic E-state index is 10.9. The molecule has 0 aliphatic carbocycles. The van der Waals surface area contributed by atoms with Gasteiger partial charge >= 0.3 is 0 Å². The highest BCUT2D eigenvalue weighted by atomic mass is 32.2. The molecule has 0 fully saturated rings. The van der Waals surface area contributed by atoms with Gasteiger partial charge < -0.3 is 24.5 Å². The molecule has 0 aliphatic rings. The fraction of sp³-hybridized carbons (Fsp3) is 0.357. The number of thioether (sulfide) groups is 1. The third kappa shape index (κ3) is 3.50. The van der Waals surface area contributed by atoms with Crippen LogP contribution >= 0.6 is 11.8 Å². The second kappa shape index (κ2) is 7.23. The van der Waals surface area contributed by atoms with E-state index in [4.69, 9.17) is 19.9 Å². The maximum Gasteiger partial charge on any atom is 0.227 e. The summed E-state index contributed by atoms with van der Waals surface area (Å²) in [6.07, 6.45) is 0. The van der Waals surface area contributed by atoms with Gasteiger partial charge in [0, 0.05) is 12.6 Å². The highest BCUT2D eigenvalue weighted by molar-refractivity contribution is 7.99. The molecule has 2 aromatic rings. The maximum atomic E-state index is 10.9. The molecule has 0 unspecified atom stereocenters. The van der Waals surface area contributed by atoms with Crippen molar-refractivity contribution in [2.75, 3.05) is 27.1 Å². The van der Waals surface area contributed by atoms with Gasteiger partial charge in [-0.3, -0.25) is 4.79 Å². The van der Waals surface area contributed by atoms with E-state index < -0.39 is 5.91 Å². The fourth-order valence-electron chi connectivity index (χ4n) is 2.04. The summed E-state index contributed by atoms with van der Waals surface area (Å²) in [5.41, 5.74) is 5.90. The Morgan fingerprint density at radius 1 is 1.17 bits per heavy atom. The quantitative estimate of drug-likeness (QED) is 0.754. The zero-order valence-electron chi connectivity index (χ0n) is 13.3. The Kier molecular flexibility index (Phi) is 5.32. The van der Waals surface area contributed by atoms with E-state index in [2.05, 4.69) is 10.2 Å². The fourth-order valence-corrected chi connectivity index (χ4v) is 2.69. The predicted octanol–water partition coefficient (Wildman–Crippen LogP) is 1.09. The molecule has 0 spiro atoms. The first-order chi connectivity index (χ1) is 11.0. The summed E-state index contributed by atoms with van der Waals surface area (Å²) in [5.74, 6) is 1.89. The number of methoxy groups -OCH3 is 3. The van der Waals surface area contributed by atoms with Gasteiger partial charge in [0.25, 0.3) is 0 Å². The van der Waals surface area contributed by atoms with Crippen molar-refractivity contribution in [1.82, 2.24) is 14.8 Å². The largest absolute Gasteiger partial charge is 0.493 e. The number of nitrogens with two attached hydrogens (primary N) is 1. The molecule has 1 amide bonds. The highest BCUT2D eigenvalue weighted by Crippen LogP contribution is 2.41. The van der Waals surface area contributed by atoms with E-state index in [1.54, 1.807) is 38.0 Å². The average Bonchev–Trinajstić information content (AvgIpc) is 2.92. The molecule has 1 aromatic carbocycles. The number of hydrogen-bond donors (Lipinski definition) is 1. The van der Waals surface area contributed by atoms with Crippen molar-refractivity contribution < 1.29 is 19.0 Å². The van der Waals surface area contributed by atoms with Crippen LogP contribution in [0.2, 0.25) is 0 Å². The average molecular weight is 338 g/mol. The summed E-state index contributed by atoms with van der Waals surface area (Å²) >= 11 is 1.23. The number of amides is 1. The zero-order chi connectivity index (χ0) is 17.0. The Bertz CT molecular complexity index is 692. The molecule has 2 N–H and O–H groups in total. The van der Waals surface area contributed by atoms with E-state index in [1.165, 1.54) is 11.8 Å². The lowest BCUT2D eigenvalue weighted by Crippen LogP contribution is -2.13. The van der Waals surface area contributed by atoms with Crippen LogP contribution in [-0.2, 0) is 11.8 Å². The third-order valence-corrected chi connectivity index (χ3v) is 4.14. The van der Waals surface area contributed by atoms with Gasteiger partial charge in [-0.05, 0) is 12.1 Å². The Labute approximate surface area is 137 Å². The summed E-state index contributed by atoms with van der Waals surface area (Å²) in [4.78, 5) is 10.9. The van der Waals surface area contributed by atoms with Crippen LogP contribution in [-0.4, -0.2) is 47.8 Å². The molecule has 8 nitrogen and oxygen atoms in total. The first-order valence-corrected chi connectivity index (χ1v) is 7.61. The molecule has 0 radical (unpaired) electrons. The second-order valence-corrected chi connectivity index (χ2v) is 5.48. The second-order valence-electron chi connectivity index (χ2n) is 4.53. The minimum absolute atomic E-state index is 0.140. The Balaban J connectivity index is 2.44. The van der Waals surface area contributed by atoms with Gasteiger partial charge in [0.05, 0.1) is 27.1 Å². The summed E-state index contributed by atoms with van der Waals surface area (Å²) in [7, 11) is 6.45. The summed E-state index contributed by atoms with van der Waals surface area (Å²) in [5, 5.41) is 8.82. The van der Waals surface area contributed by atoms with Gasteiger partial charge in [0.15, 0.2) is 22.5 Å². The van der Waals surface area contributed by atoms with Crippen molar-refractivity contribution in [3.8, 4) is 28.6 Å². The standard InChI is InChI=1S/C14H18N4O4S/c1-18-13(16-17-14(18)23-7-11(15)19)8-5-9(20-2)12(22-4)10(6-8)21-3/h5-6H,7H2,1-4H3,(H2,15,19). The number of carbonyl (C=O) groups excluding carboxylic acids is 1. The molecule has 0 atom stereocenters. The lowest BCUT2D eigenvalue weighted by molar-refractivity contribution is -0.115. The number of hydrogen-bond acceptors (Lipinski definition) is 7. The van der Waals surface area contributed by atoms with E-state index in [-0.39, 0.29) is 5.75 Å². The molecule has 0 aliphatic heterocycles. The van der Waals surface area contributed by atoms with E-state index in [0.29, 0.717) is 28.2 Å². The number of benzene rings is 1. The van der Waals surface area contributed by atoms with Crippen molar-refractivity contribution in [2.45, 2.75) is 5.16 Å². The first kappa shape index (κ1) is 16.9. The molecule has 1 heterocycles. The molecule has 124 valence electrons. The number of nitrogens with zero attached hydrogens (tertiary/aromatic N) is 3. The Morgan fingerprint density at radius 3 is 2.26 bits per heavy atom. The minimum Gasteiger partial charge on any atom is -0.493 e. The highest BCUT2D eigenvalue weighted by Gasteiger charge is 2.18. The van der Waals surface area contributed by atoms with Crippen LogP contribution in [0.25, 0.3) is 11.4 Å². The van der Waals surface area contributed by atoms with Crippen LogP contribution in [0.1, 0.15) is 0 Å². The van der Waals surface area contributed by atoms with E-state index in [9.17, 15) is 4.79 Å². The van der Waals surface area contributed by atoms with Crippen molar-refractivity contribution in [1.29, 1.82) is 0 Å². The van der Waals surface area contributed by atoms with E-state index in [1.807, 2.05) is 7.05 Å². The van der Waals surface area contributed by atoms with Crippen molar-refractivity contribution >= 4 is 17.7 Å². The normalized spacial score (nSPS) is 10.4. The van der Waals surface area contributed by atoms with Crippen LogP contribution in [0.15, 0.2) is 17.3 Å². The smallest absolute Gasteiger partial charge is 0.227 e. The van der Waals surface area contributed by atoms with Crippen LogP contribution < -0.4 is 19.9 Å². The minimum atomic E-state index is -0.410. The molecular formula is C14H18N4O4S. The van der Waals surface area contributed by atoms with Gasteiger partial charge in [-0.15, -0.1) is 10.2 Å². The Hall–Kier alpha value is -2.42. The van der Waals surface area contributed by atoms with Gasteiger partial charge in [-0.1, -0.05) is 11.8 Å². The zero-order valence-corrected chi connectivity index (χ0v) is 14.1. The summed E-state index contributed by atoms with van der Waals surface area (Å²) < 4.78 is 17.7. The number of primary amides is 1. The molecule has 23 heavy (non-hydrogen) atoms. The first-order valence-electron chi connectivity index (χ1n) is 6.62.